The Bertz CT molecular complexity index is 468. The molecule has 9 heteroatoms. The SMILES string of the molecule is COC1CC(C(=O)O)N(C(=O)Nc2nccnn2)C1. The van der Waals surface area contributed by atoms with Crippen LogP contribution < -0.4 is 5.32 Å². The van der Waals surface area contributed by atoms with Crippen LogP contribution in [0.15, 0.2) is 12.4 Å². The molecule has 0 bridgehead atoms. The zero-order valence-corrected chi connectivity index (χ0v) is 10.2. The summed E-state index contributed by atoms with van der Waals surface area (Å²) in [7, 11) is 1.48. The van der Waals surface area contributed by atoms with Gasteiger partial charge in [-0.3, -0.25) is 5.32 Å². The lowest BCUT2D eigenvalue weighted by molar-refractivity contribution is -0.141. The van der Waals surface area contributed by atoms with Gasteiger partial charge >= 0.3 is 12.0 Å². The Morgan fingerprint density at radius 1 is 1.53 bits per heavy atom. The van der Waals surface area contributed by atoms with E-state index in [1.54, 1.807) is 0 Å². The molecule has 19 heavy (non-hydrogen) atoms. The van der Waals surface area contributed by atoms with Crippen LogP contribution in [0, 0.1) is 0 Å². The van der Waals surface area contributed by atoms with Crippen molar-refractivity contribution in [3.05, 3.63) is 12.4 Å². The molecular weight excluding hydrogens is 254 g/mol. The quantitative estimate of drug-likeness (QED) is 0.763. The zero-order chi connectivity index (χ0) is 13.8. The van der Waals surface area contributed by atoms with E-state index in [2.05, 4.69) is 20.5 Å². The monoisotopic (exact) mass is 267 g/mol. The second kappa shape index (κ2) is 5.57. The molecule has 1 fully saturated rings. The molecule has 1 aliphatic rings. The summed E-state index contributed by atoms with van der Waals surface area (Å²) in [5.41, 5.74) is 0. The Labute approximate surface area is 108 Å². The Morgan fingerprint density at radius 3 is 2.89 bits per heavy atom. The minimum atomic E-state index is -1.07. The van der Waals surface area contributed by atoms with E-state index in [1.807, 2.05) is 0 Å². The molecule has 1 aliphatic heterocycles. The van der Waals surface area contributed by atoms with E-state index in [0.717, 1.165) is 0 Å². The molecule has 0 radical (unpaired) electrons. The molecular formula is C10H13N5O4. The number of nitrogens with one attached hydrogen (secondary N) is 1. The van der Waals surface area contributed by atoms with Gasteiger partial charge in [0.05, 0.1) is 18.5 Å². The van der Waals surface area contributed by atoms with Crippen LogP contribution in [0.5, 0.6) is 0 Å². The van der Waals surface area contributed by atoms with Crippen molar-refractivity contribution in [1.82, 2.24) is 20.1 Å². The van der Waals surface area contributed by atoms with E-state index in [9.17, 15) is 9.59 Å². The molecule has 2 N–H and O–H groups in total. The molecule has 2 amide bonds. The predicted octanol–water partition coefficient (Wildman–Crippen LogP) is -0.423. The number of carbonyl (C=O) groups is 2. The summed E-state index contributed by atoms with van der Waals surface area (Å²) in [6, 6.07) is -1.50. The summed E-state index contributed by atoms with van der Waals surface area (Å²) in [6.45, 7) is 0.208. The highest BCUT2D eigenvalue weighted by atomic mass is 16.5. The van der Waals surface area contributed by atoms with E-state index in [1.165, 1.54) is 24.4 Å². The lowest BCUT2D eigenvalue weighted by Gasteiger charge is -2.20. The van der Waals surface area contributed by atoms with Crippen LogP contribution in [-0.4, -0.2) is 63.0 Å². The Balaban J connectivity index is 2.07. The first kappa shape index (κ1) is 13.1. The fraction of sp³-hybridized carbons (Fsp3) is 0.500. The molecule has 0 spiro atoms. The molecule has 1 aromatic heterocycles. The zero-order valence-electron chi connectivity index (χ0n) is 10.2. The van der Waals surface area contributed by atoms with Crippen LogP contribution >= 0.6 is 0 Å². The minimum Gasteiger partial charge on any atom is -0.480 e. The lowest BCUT2D eigenvalue weighted by Crippen LogP contribution is -2.43. The maximum atomic E-state index is 12.0. The highest BCUT2D eigenvalue weighted by Crippen LogP contribution is 2.20. The number of urea groups is 1. The molecule has 2 atom stereocenters. The van der Waals surface area contributed by atoms with Crippen LogP contribution in [0.25, 0.3) is 0 Å². The van der Waals surface area contributed by atoms with E-state index in [0.29, 0.717) is 0 Å². The number of likely N-dealkylation sites (tertiary alicyclic amines) is 1. The number of hydrogen-bond donors (Lipinski definition) is 2. The van der Waals surface area contributed by atoms with Crippen molar-refractivity contribution in [2.45, 2.75) is 18.6 Å². The van der Waals surface area contributed by atoms with Gasteiger partial charge < -0.3 is 14.7 Å². The summed E-state index contributed by atoms with van der Waals surface area (Å²) in [5, 5.41) is 18.7. The van der Waals surface area contributed by atoms with Crippen molar-refractivity contribution < 1.29 is 19.4 Å². The molecule has 0 saturated carbocycles. The van der Waals surface area contributed by atoms with Gasteiger partial charge in [-0.1, -0.05) is 0 Å². The molecule has 2 heterocycles. The van der Waals surface area contributed by atoms with Gasteiger partial charge in [0.1, 0.15) is 6.04 Å². The van der Waals surface area contributed by atoms with Gasteiger partial charge in [-0.05, 0) is 0 Å². The number of amides is 2. The van der Waals surface area contributed by atoms with Crippen LogP contribution in [-0.2, 0) is 9.53 Å². The Kier molecular flexibility index (Phi) is 3.85. The van der Waals surface area contributed by atoms with Crippen molar-refractivity contribution in [3.63, 3.8) is 0 Å². The number of rotatable bonds is 3. The maximum Gasteiger partial charge on any atom is 0.326 e. The van der Waals surface area contributed by atoms with Crippen LogP contribution in [0.3, 0.4) is 0 Å². The molecule has 0 aromatic carbocycles. The summed E-state index contributed by atoms with van der Waals surface area (Å²) in [6.07, 6.45) is 2.71. The number of methoxy groups -OCH3 is 1. The number of hydrogen-bond acceptors (Lipinski definition) is 6. The van der Waals surface area contributed by atoms with E-state index in [-0.39, 0.29) is 25.0 Å². The van der Waals surface area contributed by atoms with Crippen LogP contribution in [0.2, 0.25) is 0 Å². The van der Waals surface area contributed by atoms with E-state index >= 15 is 0 Å². The second-order valence-electron chi connectivity index (χ2n) is 4.00. The largest absolute Gasteiger partial charge is 0.480 e. The van der Waals surface area contributed by atoms with Crippen LogP contribution in [0.1, 0.15) is 6.42 Å². The fourth-order valence-electron chi connectivity index (χ4n) is 1.90. The van der Waals surface area contributed by atoms with Gasteiger partial charge in [0, 0.05) is 20.1 Å². The molecule has 1 aromatic rings. The highest BCUT2D eigenvalue weighted by molar-refractivity contribution is 5.91. The third-order valence-electron chi connectivity index (χ3n) is 2.84. The van der Waals surface area contributed by atoms with Crippen molar-refractivity contribution in [1.29, 1.82) is 0 Å². The normalized spacial score (nSPS) is 22.3. The summed E-state index contributed by atoms with van der Waals surface area (Å²) in [5.74, 6) is -1.04. The standard InChI is InChI=1S/C10H13N5O4/c1-19-6-4-7(8(16)17)15(5-6)10(18)13-9-11-2-3-12-14-9/h2-3,6-7H,4-5H2,1H3,(H,16,17)(H,11,13,14,18). The van der Waals surface area contributed by atoms with Crippen LogP contribution in [0.4, 0.5) is 10.7 Å². The average molecular weight is 267 g/mol. The van der Waals surface area contributed by atoms with Gasteiger partial charge in [0.2, 0.25) is 0 Å². The third kappa shape index (κ3) is 2.94. The summed E-state index contributed by atoms with van der Waals surface area (Å²) >= 11 is 0. The minimum absolute atomic E-state index is 0.0255. The van der Waals surface area contributed by atoms with Gasteiger partial charge in [-0.2, -0.15) is 5.10 Å². The molecule has 0 aliphatic carbocycles. The first-order valence-electron chi connectivity index (χ1n) is 5.58. The summed E-state index contributed by atoms with van der Waals surface area (Å²) in [4.78, 5) is 28.1. The highest BCUT2D eigenvalue weighted by Gasteiger charge is 2.40. The first-order valence-corrected chi connectivity index (χ1v) is 5.58. The van der Waals surface area contributed by atoms with Crippen molar-refractivity contribution in [3.8, 4) is 0 Å². The van der Waals surface area contributed by atoms with E-state index in [4.69, 9.17) is 9.84 Å². The molecule has 1 saturated heterocycles. The number of aromatic nitrogens is 3. The Hall–Kier alpha value is -2.29. The molecule has 2 unspecified atom stereocenters. The number of carboxylic acid groups (broad SMARTS) is 1. The smallest absolute Gasteiger partial charge is 0.326 e. The number of ether oxygens (including phenoxy) is 1. The van der Waals surface area contributed by atoms with Gasteiger partial charge in [0.25, 0.3) is 5.95 Å². The van der Waals surface area contributed by atoms with Crippen molar-refractivity contribution in [2.75, 3.05) is 19.0 Å². The number of carboxylic acids is 1. The number of carbonyl (C=O) groups excluding carboxylic acids is 1. The number of anilines is 1. The van der Waals surface area contributed by atoms with Gasteiger partial charge in [-0.15, -0.1) is 5.10 Å². The lowest BCUT2D eigenvalue weighted by atomic mass is 10.2. The number of nitrogens with zero attached hydrogens (tertiary/aromatic N) is 4. The topological polar surface area (TPSA) is 118 Å². The van der Waals surface area contributed by atoms with Crippen molar-refractivity contribution >= 4 is 17.9 Å². The Morgan fingerprint density at radius 2 is 2.32 bits per heavy atom. The van der Waals surface area contributed by atoms with Gasteiger partial charge in [0.15, 0.2) is 0 Å². The van der Waals surface area contributed by atoms with Crippen molar-refractivity contribution in [2.24, 2.45) is 0 Å². The van der Waals surface area contributed by atoms with Gasteiger partial charge in [-0.25, -0.2) is 14.6 Å². The average Bonchev–Trinajstić information content (AvgIpc) is 2.84. The molecule has 9 nitrogen and oxygen atoms in total. The summed E-state index contributed by atoms with van der Waals surface area (Å²) < 4.78 is 5.09. The predicted molar refractivity (Wildman–Crippen MR) is 62.4 cm³/mol. The maximum absolute atomic E-state index is 12.0. The number of aliphatic carboxylic acids is 1. The third-order valence-corrected chi connectivity index (χ3v) is 2.84. The first-order chi connectivity index (χ1) is 9.11. The fourth-order valence-corrected chi connectivity index (χ4v) is 1.90. The van der Waals surface area contributed by atoms with E-state index < -0.39 is 18.0 Å². The molecule has 102 valence electrons. The second-order valence-corrected chi connectivity index (χ2v) is 4.00. The molecule has 2 rings (SSSR count).